The van der Waals surface area contributed by atoms with Crippen LogP contribution < -0.4 is 5.32 Å². The van der Waals surface area contributed by atoms with Crippen LogP contribution in [0.5, 0.6) is 0 Å². The van der Waals surface area contributed by atoms with E-state index < -0.39 is 0 Å². The molecule has 0 saturated carbocycles. The second-order valence-corrected chi connectivity index (χ2v) is 6.84. The van der Waals surface area contributed by atoms with Gasteiger partial charge in [0.2, 0.25) is 0 Å². The van der Waals surface area contributed by atoms with Crippen LogP contribution in [-0.2, 0) is 17.9 Å². The number of halogens is 1. The summed E-state index contributed by atoms with van der Waals surface area (Å²) in [5, 5.41) is 4.01. The number of hydrogen-bond donors (Lipinski definition) is 1. The van der Waals surface area contributed by atoms with Crippen LogP contribution in [0.4, 0.5) is 4.39 Å². The van der Waals surface area contributed by atoms with Crippen LogP contribution in [0.3, 0.4) is 0 Å². The van der Waals surface area contributed by atoms with E-state index in [0.29, 0.717) is 23.9 Å². The molecule has 21 heavy (non-hydrogen) atoms. The molecule has 0 aromatic carbocycles. The molecule has 0 radical (unpaired) electrons. The van der Waals surface area contributed by atoms with Gasteiger partial charge in [-0.2, -0.15) is 0 Å². The Morgan fingerprint density at radius 1 is 1.38 bits per heavy atom. The molecular formula is C15H20FN3OS. The minimum Gasteiger partial charge on any atom is -0.378 e. The Morgan fingerprint density at radius 2 is 2.14 bits per heavy atom. The van der Waals surface area contributed by atoms with Crippen LogP contribution in [0.25, 0.3) is 10.7 Å². The highest BCUT2D eigenvalue weighted by Crippen LogP contribution is 2.29. The van der Waals surface area contributed by atoms with Gasteiger partial charge in [0, 0.05) is 30.3 Å². The lowest BCUT2D eigenvalue weighted by atomic mass is 10.1. The van der Waals surface area contributed by atoms with Gasteiger partial charge in [0.25, 0.3) is 0 Å². The molecule has 2 heterocycles. The summed E-state index contributed by atoms with van der Waals surface area (Å²) in [5.74, 6) is -0.356. The maximum atomic E-state index is 13.8. The molecule has 114 valence electrons. The molecule has 0 unspecified atom stereocenters. The van der Waals surface area contributed by atoms with Gasteiger partial charge >= 0.3 is 0 Å². The standard InChI is InChI=1S/C15H20FN3OS/c1-15(2,3)18-8-12-11(9-20-4)19-14(21-12)13-10(16)6-5-7-17-13/h5-7,18H,8-9H2,1-4H3. The maximum absolute atomic E-state index is 13.8. The largest absolute Gasteiger partial charge is 0.378 e. The molecule has 0 atom stereocenters. The molecule has 0 fully saturated rings. The Balaban J connectivity index is 2.30. The summed E-state index contributed by atoms with van der Waals surface area (Å²) in [7, 11) is 1.63. The Morgan fingerprint density at radius 3 is 2.76 bits per heavy atom. The van der Waals surface area contributed by atoms with Crippen molar-refractivity contribution in [3.63, 3.8) is 0 Å². The summed E-state index contributed by atoms with van der Waals surface area (Å²) in [6, 6.07) is 2.97. The van der Waals surface area contributed by atoms with Crippen molar-refractivity contribution < 1.29 is 9.13 Å². The molecule has 1 N–H and O–H groups in total. The molecule has 0 amide bonds. The second kappa shape index (κ2) is 6.60. The third kappa shape index (κ3) is 4.30. The number of thiazole rings is 1. The molecule has 0 spiro atoms. The van der Waals surface area contributed by atoms with Crippen molar-refractivity contribution in [1.29, 1.82) is 0 Å². The van der Waals surface area contributed by atoms with Crippen molar-refractivity contribution in [3.05, 3.63) is 34.7 Å². The van der Waals surface area contributed by atoms with E-state index in [1.165, 1.54) is 17.4 Å². The molecular weight excluding hydrogens is 289 g/mol. The highest BCUT2D eigenvalue weighted by Gasteiger charge is 2.17. The minimum absolute atomic E-state index is 0.00470. The average Bonchev–Trinajstić information content (AvgIpc) is 2.80. The number of methoxy groups -OCH3 is 1. The van der Waals surface area contributed by atoms with Gasteiger partial charge in [0.05, 0.1) is 12.3 Å². The molecule has 6 heteroatoms. The van der Waals surface area contributed by atoms with Crippen LogP contribution in [0.2, 0.25) is 0 Å². The Hall–Kier alpha value is -1.37. The second-order valence-electron chi connectivity index (χ2n) is 5.76. The summed E-state index contributed by atoms with van der Waals surface area (Å²) in [6.07, 6.45) is 1.57. The van der Waals surface area contributed by atoms with Crippen molar-refractivity contribution in [2.24, 2.45) is 0 Å². The molecule has 0 aliphatic rings. The topological polar surface area (TPSA) is 47.0 Å². The summed E-state index contributed by atoms with van der Waals surface area (Å²) in [4.78, 5) is 9.61. The lowest BCUT2D eigenvalue weighted by Crippen LogP contribution is -2.35. The van der Waals surface area contributed by atoms with Gasteiger partial charge in [-0.05, 0) is 32.9 Å². The third-order valence-corrected chi connectivity index (χ3v) is 3.90. The van der Waals surface area contributed by atoms with Gasteiger partial charge in [-0.1, -0.05) is 0 Å². The van der Waals surface area contributed by atoms with Gasteiger partial charge in [0.15, 0.2) is 5.82 Å². The smallest absolute Gasteiger partial charge is 0.151 e. The number of rotatable bonds is 5. The van der Waals surface area contributed by atoms with Crippen LogP contribution in [-0.4, -0.2) is 22.6 Å². The lowest BCUT2D eigenvalue weighted by molar-refractivity contribution is 0.181. The lowest BCUT2D eigenvalue weighted by Gasteiger charge is -2.20. The van der Waals surface area contributed by atoms with E-state index >= 15 is 0 Å². The first-order chi connectivity index (χ1) is 9.90. The fourth-order valence-electron chi connectivity index (χ4n) is 1.76. The molecule has 2 aromatic heterocycles. The maximum Gasteiger partial charge on any atom is 0.151 e. The van der Waals surface area contributed by atoms with E-state index in [1.807, 2.05) is 0 Å². The number of nitrogens with zero attached hydrogens (tertiary/aromatic N) is 2. The Labute approximate surface area is 128 Å². The fourth-order valence-corrected chi connectivity index (χ4v) is 2.76. The zero-order valence-corrected chi connectivity index (χ0v) is 13.6. The molecule has 0 bridgehead atoms. The molecule has 0 aliphatic carbocycles. The van der Waals surface area contributed by atoms with Gasteiger partial charge in [-0.15, -0.1) is 11.3 Å². The molecule has 0 saturated heterocycles. The molecule has 2 aromatic rings. The van der Waals surface area contributed by atoms with E-state index in [1.54, 1.807) is 19.4 Å². The monoisotopic (exact) mass is 309 g/mol. The van der Waals surface area contributed by atoms with Crippen molar-refractivity contribution in [2.45, 2.75) is 39.5 Å². The zero-order chi connectivity index (χ0) is 15.5. The normalized spacial score (nSPS) is 11.9. The van der Waals surface area contributed by atoms with Gasteiger partial charge in [-0.25, -0.2) is 9.37 Å². The summed E-state index contributed by atoms with van der Waals surface area (Å²) in [6.45, 7) is 7.39. The van der Waals surface area contributed by atoms with Gasteiger partial charge in [-0.3, -0.25) is 4.98 Å². The van der Waals surface area contributed by atoms with Crippen LogP contribution >= 0.6 is 11.3 Å². The Kier molecular flexibility index (Phi) is 5.03. The first kappa shape index (κ1) is 16.0. The number of hydrogen-bond acceptors (Lipinski definition) is 5. The summed E-state index contributed by atoms with van der Waals surface area (Å²) >= 11 is 1.45. The van der Waals surface area contributed by atoms with Crippen molar-refractivity contribution >= 4 is 11.3 Å². The Bertz CT molecular complexity index is 607. The van der Waals surface area contributed by atoms with Crippen molar-refractivity contribution in [1.82, 2.24) is 15.3 Å². The quantitative estimate of drug-likeness (QED) is 0.920. The highest BCUT2D eigenvalue weighted by molar-refractivity contribution is 7.15. The number of pyridine rings is 1. The first-order valence-electron chi connectivity index (χ1n) is 6.74. The van der Waals surface area contributed by atoms with Crippen molar-refractivity contribution in [3.8, 4) is 10.7 Å². The van der Waals surface area contributed by atoms with Crippen molar-refractivity contribution in [2.75, 3.05) is 7.11 Å². The van der Waals surface area contributed by atoms with Crippen LogP contribution in [0, 0.1) is 5.82 Å². The fraction of sp³-hybridized carbons (Fsp3) is 0.467. The van der Waals surface area contributed by atoms with Gasteiger partial charge in [0.1, 0.15) is 10.7 Å². The number of ether oxygens (including phenoxy) is 1. The molecule has 4 nitrogen and oxygen atoms in total. The van der Waals surface area contributed by atoms with E-state index in [2.05, 4.69) is 36.1 Å². The third-order valence-electron chi connectivity index (χ3n) is 2.80. The highest BCUT2D eigenvalue weighted by atomic mass is 32.1. The zero-order valence-electron chi connectivity index (χ0n) is 12.7. The van der Waals surface area contributed by atoms with E-state index in [-0.39, 0.29) is 11.4 Å². The number of aromatic nitrogens is 2. The average molecular weight is 309 g/mol. The van der Waals surface area contributed by atoms with Gasteiger partial charge < -0.3 is 10.1 Å². The molecule has 2 rings (SSSR count). The van der Waals surface area contributed by atoms with E-state index in [4.69, 9.17) is 4.74 Å². The first-order valence-corrected chi connectivity index (χ1v) is 7.56. The van der Waals surface area contributed by atoms with Crippen LogP contribution in [0.15, 0.2) is 18.3 Å². The predicted molar refractivity (Wildman–Crippen MR) is 82.6 cm³/mol. The number of nitrogens with one attached hydrogen (secondary N) is 1. The summed E-state index contributed by atoms with van der Waals surface area (Å²) < 4.78 is 19.0. The SMILES string of the molecule is COCc1nc(-c2ncccc2F)sc1CNC(C)(C)C. The molecule has 0 aliphatic heterocycles. The summed E-state index contributed by atoms with van der Waals surface area (Å²) in [5.41, 5.74) is 1.13. The van der Waals surface area contributed by atoms with E-state index in [9.17, 15) is 4.39 Å². The minimum atomic E-state index is -0.356. The van der Waals surface area contributed by atoms with Crippen LogP contribution in [0.1, 0.15) is 31.3 Å². The van der Waals surface area contributed by atoms with E-state index in [0.717, 1.165) is 10.6 Å². The predicted octanol–water partition coefficient (Wildman–Crippen LogP) is 3.38.